The lowest BCUT2D eigenvalue weighted by atomic mass is 10.1. The van der Waals surface area contributed by atoms with Crippen LogP contribution in [-0.2, 0) is 0 Å². The number of anilines is 1. The number of nitrogens with one attached hydrogen (secondary N) is 1. The first-order valence-electron chi connectivity index (χ1n) is 7.61. The van der Waals surface area contributed by atoms with Crippen molar-refractivity contribution in [2.45, 2.75) is 52.0 Å². The maximum absolute atomic E-state index is 12.5. The van der Waals surface area contributed by atoms with Crippen molar-refractivity contribution in [1.82, 2.24) is 15.1 Å². The topological polar surface area (TPSA) is 58.1 Å². The molecule has 0 saturated carbocycles. The summed E-state index contributed by atoms with van der Waals surface area (Å²) in [5, 5.41) is 11.3. The standard InChI is InChI=1S/C15H24N4O/c1-3-10-16-14-9-8-13(17-18-14)15(20)19-11-6-4-5-7-12(19)2/h8-9,12H,3-7,10-11H2,1-2H3,(H,16,18). The summed E-state index contributed by atoms with van der Waals surface area (Å²) in [5.41, 5.74) is 0.445. The number of carbonyl (C=O) groups excluding carboxylic acids is 1. The number of hydrogen-bond acceptors (Lipinski definition) is 4. The molecule has 1 aliphatic rings. The molecule has 0 aromatic carbocycles. The third kappa shape index (κ3) is 3.68. The fraction of sp³-hybridized carbons (Fsp3) is 0.667. The second-order valence-electron chi connectivity index (χ2n) is 5.43. The molecule has 2 rings (SSSR count). The molecule has 1 aromatic rings. The Kier molecular flexibility index (Phi) is 5.32. The van der Waals surface area contributed by atoms with Crippen LogP contribution in [0.1, 0.15) is 56.4 Å². The highest BCUT2D eigenvalue weighted by molar-refractivity contribution is 5.92. The predicted octanol–water partition coefficient (Wildman–Crippen LogP) is 2.70. The smallest absolute Gasteiger partial charge is 0.274 e. The minimum atomic E-state index is 0.00828. The molecule has 1 saturated heterocycles. The molecule has 1 aromatic heterocycles. The molecule has 0 bridgehead atoms. The predicted molar refractivity (Wildman–Crippen MR) is 79.8 cm³/mol. The highest BCUT2D eigenvalue weighted by Gasteiger charge is 2.24. The molecule has 0 radical (unpaired) electrons. The van der Waals surface area contributed by atoms with E-state index in [1.165, 1.54) is 12.8 Å². The molecule has 20 heavy (non-hydrogen) atoms. The molecule has 5 heteroatoms. The van der Waals surface area contributed by atoms with Gasteiger partial charge in [-0.05, 0) is 38.3 Å². The lowest BCUT2D eigenvalue weighted by molar-refractivity contribution is 0.0690. The minimum Gasteiger partial charge on any atom is -0.369 e. The van der Waals surface area contributed by atoms with Crippen LogP contribution < -0.4 is 5.32 Å². The zero-order valence-electron chi connectivity index (χ0n) is 12.4. The molecule has 1 amide bonds. The zero-order valence-corrected chi connectivity index (χ0v) is 12.4. The van der Waals surface area contributed by atoms with E-state index in [-0.39, 0.29) is 5.91 Å². The Hall–Kier alpha value is -1.65. The van der Waals surface area contributed by atoms with Gasteiger partial charge in [0.05, 0.1) is 0 Å². The van der Waals surface area contributed by atoms with Crippen LogP contribution in [0.25, 0.3) is 0 Å². The van der Waals surface area contributed by atoms with E-state index in [1.807, 2.05) is 11.0 Å². The van der Waals surface area contributed by atoms with E-state index in [9.17, 15) is 4.79 Å². The van der Waals surface area contributed by atoms with Gasteiger partial charge in [0, 0.05) is 19.1 Å². The van der Waals surface area contributed by atoms with Gasteiger partial charge in [0.2, 0.25) is 0 Å². The Bertz CT molecular complexity index is 432. The zero-order chi connectivity index (χ0) is 14.4. The fourth-order valence-electron chi connectivity index (χ4n) is 2.52. The molecule has 110 valence electrons. The van der Waals surface area contributed by atoms with E-state index < -0.39 is 0 Å². The van der Waals surface area contributed by atoms with Gasteiger partial charge >= 0.3 is 0 Å². The van der Waals surface area contributed by atoms with Crippen LogP contribution in [0.5, 0.6) is 0 Å². The van der Waals surface area contributed by atoms with Crippen LogP contribution in [0.4, 0.5) is 5.82 Å². The first-order chi connectivity index (χ1) is 9.72. The van der Waals surface area contributed by atoms with Crippen LogP contribution in [0.3, 0.4) is 0 Å². The van der Waals surface area contributed by atoms with Crippen LogP contribution in [0, 0.1) is 0 Å². The van der Waals surface area contributed by atoms with E-state index in [0.717, 1.165) is 38.2 Å². The summed E-state index contributed by atoms with van der Waals surface area (Å²) in [6.07, 6.45) is 5.61. The molecule has 5 nitrogen and oxygen atoms in total. The third-order valence-corrected chi connectivity index (χ3v) is 3.75. The van der Waals surface area contributed by atoms with Crippen molar-refractivity contribution in [3.63, 3.8) is 0 Å². The lowest BCUT2D eigenvalue weighted by Gasteiger charge is -2.26. The van der Waals surface area contributed by atoms with Crippen LogP contribution >= 0.6 is 0 Å². The molecular weight excluding hydrogens is 252 g/mol. The fourth-order valence-corrected chi connectivity index (χ4v) is 2.52. The summed E-state index contributed by atoms with van der Waals surface area (Å²) in [6.45, 7) is 5.91. The average Bonchev–Trinajstić information content (AvgIpc) is 2.69. The highest BCUT2D eigenvalue weighted by Crippen LogP contribution is 2.18. The minimum absolute atomic E-state index is 0.00828. The number of nitrogens with zero attached hydrogens (tertiary/aromatic N) is 3. The van der Waals surface area contributed by atoms with E-state index in [0.29, 0.717) is 11.7 Å². The number of likely N-dealkylation sites (tertiary alicyclic amines) is 1. The van der Waals surface area contributed by atoms with E-state index in [2.05, 4.69) is 29.4 Å². The van der Waals surface area contributed by atoms with Crippen LogP contribution in [0.2, 0.25) is 0 Å². The number of aromatic nitrogens is 2. The molecule has 0 aliphatic carbocycles. The van der Waals surface area contributed by atoms with Crippen LogP contribution in [0.15, 0.2) is 12.1 Å². The SMILES string of the molecule is CCCNc1ccc(C(=O)N2CCCCCC2C)nn1. The number of hydrogen-bond donors (Lipinski definition) is 1. The molecule has 0 spiro atoms. The van der Waals surface area contributed by atoms with Crippen molar-refractivity contribution in [2.75, 3.05) is 18.4 Å². The van der Waals surface area contributed by atoms with Gasteiger partial charge in [0.15, 0.2) is 5.69 Å². The Labute approximate surface area is 120 Å². The van der Waals surface area contributed by atoms with Crippen molar-refractivity contribution in [3.05, 3.63) is 17.8 Å². The summed E-state index contributed by atoms with van der Waals surface area (Å²) in [4.78, 5) is 14.4. The molecular formula is C15H24N4O. The normalized spacial score (nSPS) is 19.5. The molecule has 1 atom stereocenters. The van der Waals surface area contributed by atoms with Gasteiger partial charge < -0.3 is 10.2 Å². The summed E-state index contributed by atoms with van der Waals surface area (Å²) in [7, 11) is 0. The lowest BCUT2D eigenvalue weighted by Crippen LogP contribution is -2.38. The van der Waals surface area contributed by atoms with Gasteiger partial charge in [-0.15, -0.1) is 10.2 Å². The Balaban J connectivity index is 2.04. The van der Waals surface area contributed by atoms with Gasteiger partial charge in [-0.25, -0.2) is 0 Å². The molecule has 1 aliphatic heterocycles. The van der Waals surface area contributed by atoms with Gasteiger partial charge in [0.1, 0.15) is 5.82 Å². The van der Waals surface area contributed by atoms with Gasteiger partial charge in [-0.1, -0.05) is 19.8 Å². The molecule has 2 heterocycles. The first kappa shape index (κ1) is 14.8. The van der Waals surface area contributed by atoms with Gasteiger partial charge in [0.25, 0.3) is 5.91 Å². The Morgan fingerprint density at radius 3 is 2.90 bits per heavy atom. The summed E-state index contributed by atoms with van der Waals surface area (Å²) in [6, 6.07) is 3.90. The maximum atomic E-state index is 12.5. The van der Waals surface area contributed by atoms with E-state index >= 15 is 0 Å². The average molecular weight is 276 g/mol. The second kappa shape index (κ2) is 7.22. The Morgan fingerprint density at radius 2 is 2.20 bits per heavy atom. The quantitative estimate of drug-likeness (QED) is 0.918. The van der Waals surface area contributed by atoms with Crippen molar-refractivity contribution in [2.24, 2.45) is 0 Å². The summed E-state index contributed by atoms with van der Waals surface area (Å²) < 4.78 is 0. The molecule has 1 N–H and O–H groups in total. The van der Waals surface area contributed by atoms with Gasteiger partial charge in [-0.2, -0.15) is 0 Å². The largest absolute Gasteiger partial charge is 0.369 e. The summed E-state index contributed by atoms with van der Waals surface area (Å²) >= 11 is 0. The molecule has 1 unspecified atom stereocenters. The van der Waals surface area contributed by atoms with Gasteiger partial charge in [-0.3, -0.25) is 4.79 Å². The first-order valence-corrected chi connectivity index (χ1v) is 7.61. The van der Waals surface area contributed by atoms with Crippen molar-refractivity contribution < 1.29 is 4.79 Å². The number of rotatable bonds is 4. The molecule has 1 fully saturated rings. The van der Waals surface area contributed by atoms with Crippen molar-refractivity contribution in [1.29, 1.82) is 0 Å². The van der Waals surface area contributed by atoms with Crippen molar-refractivity contribution >= 4 is 11.7 Å². The maximum Gasteiger partial charge on any atom is 0.274 e. The highest BCUT2D eigenvalue weighted by atomic mass is 16.2. The number of amides is 1. The monoisotopic (exact) mass is 276 g/mol. The summed E-state index contributed by atoms with van der Waals surface area (Å²) in [5.74, 6) is 0.737. The number of carbonyl (C=O) groups is 1. The van der Waals surface area contributed by atoms with E-state index in [4.69, 9.17) is 0 Å². The third-order valence-electron chi connectivity index (χ3n) is 3.75. The van der Waals surface area contributed by atoms with Crippen molar-refractivity contribution in [3.8, 4) is 0 Å². The van der Waals surface area contributed by atoms with Crippen LogP contribution in [-0.4, -0.2) is 40.1 Å². The van der Waals surface area contributed by atoms with E-state index in [1.54, 1.807) is 6.07 Å². The Morgan fingerprint density at radius 1 is 1.35 bits per heavy atom. The second-order valence-corrected chi connectivity index (χ2v) is 5.43.